The van der Waals surface area contributed by atoms with Crippen LogP contribution in [0, 0.1) is 16.5 Å². The van der Waals surface area contributed by atoms with Gasteiger partial charge in [0.1, 0.15) is 11.2 Å². The summed E-state index contributed by atoms with van der Waals surface area (Å²) in [6, 6.07) is 18.8. The number of benzene rings is 2. The molecule has 0 bridgehead atoms. The van der Waals surface area contributed by atoms with E-state index in [0.29, 0.717) is 34.5 Å². The zero-order chi connectivity index (χ0) is 22.4. The van der Waals surface area contributed by atoms with Crippen LogP contribution in [0.5, 0.6) is 0 Å². The Morgan fingerprint density at radius 3 is 2.82 bits per heavy atom. The van der Waals surface area contributed by atoms with E-state index in [1.807, 2.05) is 30.3 Å². The SMILES string of the molecule is N#Cc1ccc(Cn2nccc2-c2cc3c(c[n+]2[O-])nnn3-c2ccc3cn[nH]c3c2)cc1. The highest BCUT2D eigenvalue weighted by molar-refractivity contribution is 5.82. The summed E-state index contributed by atoms with van der Waals surface area (Å²) in [7, 11) is 0. The predicted octanol–water partition coefficient (Wildman–Crippen LogP) is 2.71. The minimum atomic E-state index is 0.430. The number of aromatic amines is 1. The quantitative estimate of drug-likeness (QED) is 0.336. The number of hydrogen-bond acceptors (Lipinski definition) is 6. The molecule has 0 aliphatic heterocycles. The number of nitrogens with one attached hydrogen (secondary N) is 1. The minimum Gasteiger partial charge on any atom is -0.618 e. The summed E-state index contributed by atoms with van der Waals surface area (Å²) in [4.78, 5) is 0. The Labute approximate surface area is 186 Å². The first-order valence-corrected chi connectivity index (χ1v) is 10.1. The van der Waals surface area contributed by atoms with E-state index in [0.717, 1.165) is 26.9 Å². The molecule has 33 heavy (non-hydrogen) atoms. The molecule has 0 atom stereocenters. The summed E-state index contributed by atoms with van der Waals surface area (Å²) < 4.78 is 4.23. The van der Waals surface area contributed by atoms with Crippen LogP contribution in [0.25, 0.3) is 39.0 Å². The highest BCUT2D eigenvalue weighted by Gasteiger charge is 2.20. The molecule has 0 unspecified atom stereocenters. The van der Waals surface area contributed by atoms with Gasteiger partial charge in [-0.2, -0.15) is 20.2 Å². The Balaban J connectivity index is 1.43. The third kappa shape index (κ3) is 3.16. The lowest BCUT2D eigenvalue weighted by Crippen LogP contribution is -2.29. The Morgan fingerprint density at radius 1 is 1.09 bits per heavy atom. The molecule has 10 nitrogen and oxygen atoms in total. The average Bonchev–Trinajstić information content (AvgIpc) is 3.58. The van der Waals surface area contributed by atoms with Crippen molar-refractivity contribution in [3.63, 3.8) is 0 Å². The molecule has 1 N–H and O–H groups in total. The maximum Gasteiger partial charge on any atom is 0.244 e. The lowest BCUT2D eigenvalue weighted by Gasteiger charge is -2.09. The summed E-state index contributed by atoms with van der Waals surface area (Å²) in [5.74, 6) is 0. The van der Waals surface area contributed by atoms with Gasteiger partial charge in [-0.05, 0) is 42.0 Å². The van der Waals surface area contributed by atoms with Gasteiger partial charge in [-0.25, -0.2) is 4.68 Å². The van der Waals surface area contributed by atoms with Crippen molar-refractivity contribution in [2.24, 2.45) is 0 Å². The molecule has 0 aliphatic rings. The Morgan fingerprint density at radius 2 is 1.97 bits per heavy atom. The van der Waals surface area contributed by atoms with Crippen LogP contribution in [0.4, 0.5) is 0 Å². The van der Waals surface area contributed by atoms with Crippen LogP contribution in [0.1, 0.15) is 11.1 Å². The van der Waals surface area contributed by atoms with Crippen molar-refractivity contribution in [3.8, 4) is 23.1 Å². The smallest absolute Gasteiger partial charge is 0.244 e. The third-order valence-corrected chi connectivity index (χ3v) is 5.55. The molecule has 6 rings (SSSR count). The van der Waals surface area contributed by atoms with E-state index in [1.54, 1.807) is 46.0 Å². The number of nitrogens with zero attached hydrogens (tertiary/aromatic N) is 8. The summed E-state index contributed by atoms with van der Waals surface area (Å²) in [5, 5.41) is 42.7. The van der Waals surface area contributed by atoms with E-state index in [1.165, 1.54) is 6.20 Å². The van der Waals surface area contributed by atoms with Gasteiger partial charge in [-0.15, -0.1) is 5.10 Å². The van der Waals surface area contributed by atoms with Crippen LogP contribution in [0.15, 0.2) is 73.2 Å². The monoisotopic (exact) mass is 433 g/mol. The number of hydrogen-bond donors (Lipinski definition) is 1. The molecule has 2 aromatic carbocycles. The number of rotatable bonds is 4. The highest BCUT2D eigenvalue weighted by Crippen LogP contribution is 2.24. The number of pyridine rings is 1. The summed E-state index contributed by atoms with van der Waals surface area (Å²) in [5.41, 5.74) is 5.52. The van der Waals surface area contributed by atoms with Crippen molar-refractivity contribution < 1.29 is 4.73 Å². The standard InChI is InChI=1S/C23H15N9O/c24-11-15-1-3-16(4-2-15)13-30-21(7-8-26-30)23-10-22-20(14-31(23)33)28-29-32(22)18-6-5-17-12-25-27-19(17)9-18/h1-10,12,14H,13H2,(H,25,27). The lowest BCUT2D eigenvalue weighted by molar-refractivity contribution is -0.592. The molecular weight excluding hydrogens is 418 g/mol. The van der Waals surface area contributed by atoms with Crippen LogP contribution in [-0.4, -0.2) is 35.0 Å². The van der Waals surface area contributed by atoms with Crippen molar-refractivity contribution in [2.45, 2.75) is 6.54 Å². The average molecular weight is 433 g/mol. The van der Waals surface area contributed by atoms with Gasteiger partial charge < -0.3 is 5.21 Å². The largest absolute Gasteiger partial charge is 0.618 e. The Kier molecular flexibility index (Phi) is 4.13. The van der Waals surface area contributed by atoms with Crippen molar-refractivity contribution in [2.75, 3.05) is 0 Å². The minimum absolute atomic E-state index is 0.430. The molecule has 4 heterocycles. The second-order valence-electron chi connectivity index (χ2n) is 7.58. The van der Waals surface area contributed by atoms with E-state index in [2.05, 4.69) is 31.7 Å². The number of H-pyrrole nitrogens is 1. The van der Waals surface area contributed by atoms with Crippen molar-refractivity contribution in [1.29, 1.82) is 5.26 Å². The number of nitriles is 1. The van der Waals surface area contributed by atoms with Crippen LogP contribution < -0.4 is 4.73 Å². The fraction of sp³-hybridized carbons (Fsp3) is 0.0435. The van der Waals surface area contributed by atoms with Gasteiger partial charge in [0.25, 0.3) is 0 Å². The topological polar surface area (TPSA) is 128 Å². The predicted molar refractivity (Wildman–Crippen MR) is 119 cm³/mol. The Hall–Kier alpha value is -5.04. The molecule has 10 heteroatoms. The van der Waals surface area contributed by atoms with Gasteiger partial charge >= 0.3 is 0 Å². The van der Waals surface area contributed by atoms with Gasteiger partial charge in [0, 0.05) is 17.6 Å². The summed E-state index contributed by atoms with van der Waals surface area (Å²) in [6.07, 6.45) is 4.83. The van der Waals surface area contributed by atoms with Crippen molar-refractivity contribution in [1.82, 2.24) is 35.0 Å². The number of fused-ring (bicyclic) bond motifs is 2. The number of aromatic nitrogens is 8. The first kappa shape index (κ1) is 18.7. The fourth-order valence-corrected chi connectivity index (χ4v) is 3.87. The fourth-order valence-electron chi connectivity index (χ4n) is 3.87. The summed E-state index contributed by atoms with van der Waals surface area (Å²) >= 11 is 0. The zero-order valence-electron chi connectivity index (χ0n) is 17.1. The normalized spacial score (nSPS) is 11.2. The van der Waals surface area contributed by atoms with Crippen LogP contribution in [0.3, 0.4) is 0 Å². The molecule has 0 saturated carbocycles. The Bertz CT molecular complexity index is 1670. The molecule has 0 radical (unpaired) electrons. The van der Waals surface area contributed by atoms with E-state index in [4.69, 9.17) is 5.26 Å². The third-order valence-electron chi connectivity index (χ3n) is 5.55. The van der Waals surface area contributed by atoms with E-state index in [-0.39, 0.29) is 0 Å². The maximum atomic E-state index is 12.9. The second kappa shape index (κ2) is 7.28. The highest BCUT2D eigenvalue weighted by atomic mass is 16.5. The molecule has 6 aromatic rings. The molecule has 0 amide bonds. The van der Waals surface area contributed by atoms with Gasteiger partial charge in [-0.3, -0.25) is 9.78 Å². The first-order chi connectivity index (χ1) is 16.2. The lowest BCUT2D eigenvalue weighted by atomic mass is 10.1. The molecular formula is C23H15N9O. The maximum absolute atomic E-state index is 12.9. The molecule has 4 aromatic heterocycles. The van der Waals surface area contributed by atoms with E-state index >= 15 is 0 Å². The van der Waals surface area contributed by atoms with Crippen LogP contribution >= 0.6 is 0 Å². The zero-order valence-corrected chi connectivity index (χ0v) is 17.1. The molecule has 0 fully saturated rings. The van der Waals surface area contributed by atoms with E-state index < -0.39 is 0 Å². The van der Waals surface area contributed by atoms with Gasteiger partial charge in [0.2, 0.25) is 11.9 Å². The first-order valence-electron chi connectivity index (χ1n) is 10.1. The van der Waals surface area contributed by atoms with E-state index in [9.17, 15) is 5.21 Å². The molecule has 0 aliphatic carbocycles. The second-order valence-corrected chi connectivity index (χ2v) is 7.58. The molecule has 158 valence electrons. The van der Waals surface area contributed by atoms with Gasteiger partial charge in [-0.1, -0.05) is 17.3 Å². The van der Waals surface area contributed by atoms with Crippen molar-refractivity contribution in [3.05, 3.63) is 89.5 Å². The van der Waals surface area contributed by atoms with Crippen LogP contribution in [0.2, 0.25) is 0 Å². The molecule has 0 saturated heterocycles. The van der Waals surface area contributed by atoms with Gasteiger partial charge in [0.15, 0.2) is 5.52 Å². The van der Waals surface area contributed by atoms with Gasteiger partial charge in [0.05, 0.1) is 35.6 Å². The van der Waals surface area contributed by atoms with Crippen molar-refractivity contribution >= 4 is 21.9 Å². The molecule has 0 spiro atoms. The summed E-state index contributed by atoms with van der Waals surface area (Å²) in [6.45, 7) is 0.458. The van der Waals surface area contributed by atoms with Crippen LogP contribution in [-0.2, 0) is 6.54 Å².